The quantitative estimate of drug-likeness (QED) is 0.245. The molecule has 0 fully saturated rings. The lowest BCUT2D eigenvalue weighted by atomic mass is 10.2. The molecule has 10 heavy (non-hydrogen) atoms. The molecular weight excluding hydrogens is 141 g/mol. The number of hydrogen-bond acceptors (Lipinski definition) is 3. The lowest BCUT2D eigenvalue weighted by Crippen LogP contribution is -2.14. The zero-order chi connectivity index (χ0) is 8.31. The fraction of sp³-hybridized carbons (Fsp3) is 0.200. The van der Waals surface area contributed by atoms with E-state index >= 15 is 0 Å². The predicted molar refractivity (Wildman–Crippen MR) is 30.6 cm³/mol. The first-order valence-corrected chi connectivity index (χ1v) is 2.36. The van der Waals surface area contributed by atoms with Crippen LogP contribution in [0.5, 0.6) is 0 Å². The topological polar surface area (TPSA) is 80.4 Å². The Bertz CT molecular complexity index is 189. The molecule has 0 aliphatic heterocycles. The molecule has 5 heteroatoms. The normalized spacial score (nSPS) is 12.2. The van der Waals surface area contributed by atoms with E-state index in [1.807, 2.05) is 0 Å². The summed E-state index contributed by atoms with van der Waals surface area (Å²) in [5.74, 6) is -4.00. The molecule has 0 bridgehead atoms. The zero-order valence-electron chi connectivity index (χ0n) is 5.22. The van der Waals surface area contributed by atoms with E-state index in [-0.39, 0.29) is 0 Å². The largest absolute Gasteiger partial charge is 0.477 e. The summed E-state index contributed by atoms with van der Waals surface area (Å²) in [6, 6.07) is 0. The molecule has 4 nitrogen and oxygen atoms in total. The molecule has 0 aromatic heterocycles. The molecule has 3 N–H and O–H groups in total. The molecule has 0 aliphatic carbocycles. The third-order valence-corrected chi connectivity index (χ3v) is 0.805. The van der Waals surface area contributed by atoms with Gasteiger partial charge in [0.05, 0.1) is 0 Å². The van der Waals surface area contributed by atoms with Crippen LogP contribution in [0.15, 0.2) is 11.5 Å². The van der Waals surface area contributed by atoms with E-state index in [4.69, 9.17) is 5.11 Å². The van der Waals surface area contributed by atoms with Gasteiger partial charge >= 0.3 is 5.97 Å². The first-order chi connectivity index (χ1) is 4.46. The summed E-state index contributed by atoms with van der Waals surface area (Å²) in [5, 5.41) is 8.12. The monoisotopic (exact) mass is 147 g/mol. The Morgan fingerprint density at radius 1 is 1.50 bits per heavy atom. The fourth-order valence-corrected chi connectivity index (χ4v) is 0.421. The summed E-state index contributed by atoms with van der Waals surface area (Å²) in [6.07, 6.45) is 0. The van der Waals surface area contributed by atoms with Gasteiger partial charge in [-0.2, -0.15) is 4.39 Å². The van der Waals surface area contributed by atoms with Crippen LogP contribution < -0.4 is 5.73 Å². The molecule has 0 unspecified atom stereocenters. The van der Waals surface area contributed by atoms with Crippen molar-refractivity contribution < 1.29 is 19.1 Å². The van der Waals surface area contributed by atoms with Crippen molar-refractivity contribution in [2.75, 3.05) is 0 Å². The maximum absolute atomic E-state index is 11.9. The number of aliphatic carboxylic acids is 1. The molecule has 0 amide bonds. The molecule has 0 saturated carbocycles. The number of Topliss-reactive ketones (excluding diaryl/α,β-unsaturated/α-hetero) is 1. The van der Waals surface area contributed by atoms with E-state index < -0.39 is 23.3 Å². The summed E-state index contributed by atoms with van der Waals surface area (Å²) in [6.45, 7) is 0.926. The first-order valence-electron chi connectivity index (χ1n) is 2.36. The molecule has 0 rings (SSSR count). The average Bonchev–Trinajstić information content (AvgIpc) is 1.59. The Morgan fingerprint density at radius 3 is 1.90 bits per heavy atom. The van der Waals surface area contributed by atoms with Crippen molar-refractivity contribution in [1.82, 2.24) is 0 Å². The van der Waals surface area contributed by atoms with Gasteiger partial charge in [-0.25, -0.2) is 4.79 Å². The van der Waals surface area contributed by atoms with Gasteiger partial charge in [0.25, 0.3) is 0 Å². The van der Waals surface area contributed by atoms with Crippen LogP contribution in [0.3, 0.4) is 0 Å². The minimum absolute atomic E-state index is 0.896. The van der Waals surface area contributed by atoms with Gasteiger partial charge in [0, 0.05) is 0 Å². The Labute approximate surface area is 56.1 Å². The van der Waals surface area contributed by atoms with Crippen LogP contribution in [-0.2, 0) is 9.59 Å². The highest BCUT2D eigenvalue weighted by Crippen LogP contribution is 2.01. The van der Waals surface area contributed by atoms with Crippen LogP contribution in [-0.4, -0.2) is 16.9 Å². The maximum Gasteiger partial charge on any atom is 0.343 e. The number of rotatable bonds is 2. The van der Waals surface area contributed by atoms with Gasteiger partial charge in [0.1, 0.15) is 0 Å². The van der Waals surface area contributed by atoms with Crippen molar-refractivity contribution in [2.24, 2.45) is 5.73 Å². The van der Waals surface area contributed by atoms with Crippen molar-refractivity contribution in [3.63, 3.8) is 0 Å². The van der Waals surface area contributed by atoms with Gasteiger partial charge in [-0.1, -0.05) is 0 Å². The smallest absolute Gasteiger partial charge is 0.343 e. The van der Waals surface area contributed by atoms with E-state index in [0.717, 1.165) is 6.92 Å². The summed E-state index contributed by atoms with van der Waals surface area (Å²) >= 11 is 0. The highest BCUT2D eigenvalue weighted by atomic mass is 19.1. The average molecular weight is 147 g/mol. The number of carbonyl (C=O) groups excluding carboxylic acids is 1. The van der Waals surface area contributed by atoms with E-state index in [2.05, 4.69) is 5.73 Å². The van der Waals surface area contributed by atoms with Crippen LogP contribution in [0.2, 0.25) is 0 Å². The minimum Gasteiger partial charge on any atom is -0.477 e. The lowest BCUT2D eigenvalue weighted by Gasteiger charge is -1.93. The van der Waals surface area contributed by atoms with Gasteiger partial charge in [0.15, 0.2) is 11.4 Å². The van der Waals surface area contributed by atoms with Gasteiger partial charge < -0.3 is 10.8 Å². The molecule has 0 aliphatic rings. The maximum atomic E-state index is 11.9. The molecular formula is C5H6FNO3. The zero-order valence-corrected chi connectivity index (χ0v) is 5.22. The third-order valence-electron chi connectivity index (χ3n) is 0.805. The van der Waals surface area contributed by atoms with Crippen molar-refractivity contribution in [2.45, 2.75) is 6.92 Å². The second-order valence-corrected chi connectivity index (χ2v) is 1.58. The second kappa shape index (κ2) is 2.95. The lowest BCUT2D eigenvalue weighted by molar-refractivity contribution is -0.134. The minimum atomic E-state index is -1.65. The number of halogens is 1. The summed E-state index contributed by atoms with van der Waals surface area (Å²) in [5.41, 5.74) is 3.45. The van der Waals surface area contributed by atoms with Gasteiger partial charge in [-0.3, -0.25) is 4.79 Å². The van der Waals surface area contributed by atoms with Gasteiger partial charge in [0.2, 0.25) is 5.95 Å². The van der Waals surface area contributed by atoms with E-state index in [9.17, 15) is 14.0 Å². The van der Waals surface area contributed by atoms with E-state index in [1.165, 1.54) is 0 Å². The number of hydrogen-bond donors (Lipinski definition) is 2. The second-order valence-electron chi connectivity index (χ2n) is 1.58. The molecule has 0 spiro atoms. The molecule has 0 heterocycles. The SMILES string of the molecule is CC(=O)C(C(=O)O)=C(N)F. The summed E-state index contributed by atoms with van der Waals surface area (Å²) < 4.78 is 11.9. The Kier molecular flexibility index (Phi) is 2.54. The Hall–Kier alpha value is -1.39. The van der Waals surface area contributed by atoms with Crippen LogP contribution in [0.25, 0.3) is 0 Å². The van der Waals surface area contributed by atoms with Crippen LogP contribution >= 0.6 is 0 Å². The Balaban J connectivity index is 4.79. The van der Waals surface area contributed by atoms with Crippen molar-refractivity contribution in [3.8, 4) is 0 Å². The number of carboxylic acid groups (broad SMARTS) is 1. The van der Waals surface area contributed by atoms with Crippen LogP contribution in [0.1, 0.15) is 6.92 Å². The van der Waals surface area contributed by atoms with Crippen molar-refractivity contribution in [3.05, 3.63) is 11.5 Å². The standard InChI is InChI=1S/C5H6FNO3/c1-2(8)3(4(6)7)5(9)10/h7H2,1H3,(H,9,10). The molecule has 0 saturated heterocycles. The number of nitrogens with two attached hydrogens (primary N) is 1. The van der Waals surface area contributed by atoms with Gasteiger partial charge in [-0.15, -0.1) is 0 Å². The van der Waals surface area contributed by atoms with E-state index in [1.54, 1.807) is 0 Å². The highest BCUT2D eigenvalue weighted by molar-refractivity contribution is 6.15. The van der Waals surface area contributed by atoms with Crippen molar-refractivity contribution >= 4 is 11.8 Å². The third kappa shape index (κ3) is 1.85. The number of carbonyl (C=O) groups is 2. The van der Waals surface area contributed by atoms with Crippen molar-refractivity contribution in [1.29, 1.82) is 0 Å². The van der Waals surface area contributed by atoms with Gasteiger partial charge in [-0.05, 0) is 6.92 Å². The molecule has 0 aromatic rings. The highest BCUT2D eigenvalue weighted by Gasteiger charge is 2.17. The Morgan fingerprint density at radius 2 is 1.90 bits per heavy atom. The van der Waals surface area contributed by atoms with Crippen LogP contribution in [0.4, 0.5) is 4.39 Å². The van der Waals surface area contributed by atoms with E-state index in [0.29, 0.717) is 0 Å². The molecule has 0 aromatic carbocycles. The molecule has 0 atom stereocenters. The number of ketones is 1. The summed E-state index contributed by atoms with van der Waals surface area (Å²) in [4.78, 5) is 20.3. The first kappa shape index (κ1) is 8.61. The fourth-order valence-electron chi connectivity index (χ4n) is 0.421. The number of carboxylic acids is 1. The predicted octanol–water partition coefficient (Wildman–Crippen LogP) is -0.200. The summed E-state index contributed by atoms with van der Waals surface area (Å²) in [7, 11) is 0. The molecule has 0 radical (unpaired) electrons. The van der Waals surface area contributed by atoms with Crippen LogP contribution in [0, 0.1) is 0 Å². The molecule has 56 valence electrons.